The summed E-state index contributed by atoms with van der Waals surface area (Å²) in [6.45, 7) is 14.4. The maximum atomic E-state index is 13.8. The maximum Gasteiger partial charge on any atom is 0.320 e. The van der Waals surface area contributed by atoms with Crippen LogP contribution in [0.1, 0.15) is 79.6 Å². The summed E-state index contributed by atoms with van der Waals surface area (Å²) in [5, 5.41) is 35.6. The lowest BCUT2D eigenvalue weighted by Crippen LogP contribution is -2.86. The van der Waals surface area contributed by atoms with Crippen LogP contribution in [0.4, 0.5) is 0 Å². The molecule has 2 aliphatic carbocycles. The summed E-state index contributed by atoms with van der Waals surface area (Å²) in [5.74, 6) is -1.64. The second-order valence-corrected chi connectivity index (χ2v) is 12.9. The summed E-state index contributed by atoms with van der Waals surface area (Å²) < 4.78 is 12.4. The Balaban J connectivity index is 0.00000380. The van der Waals surface area contributed by atoms with Crippen molar-refractivity contribution in [2.75, 3.05) is 19.6 Å². The van der Waals surface area contributed by atoms with Gasteiger partial charge < -0.3 is 24.8 Å². The normalized spacial score (nSPS) is 46.0. The lowest BCUT2D eigenvalue weighted by molar-refractivity contribution is -0.370. The molecule has 0 aromatic heterocycles. The minimum atomic E-state index is -2.20. The lowest BCUT2D eigenvalue weighted by Gasteiger charge is -2.71. The molecular weight excluding hydrogens is 498 g/mol. The third-order valence-electron chi connectivity index (χ3n) is 10.1. The molecule has 8 atom stereocenters. The summed E-state index contributed by atoms with van der Waals surface area (Å²) in [7, 11) is 0. The third-order valence-corrected chi connectivity index (χ3v) is 10.1. The van der Waals surface area contributed by atoms with Gasteiger partial charge in [-0.05, 0) is 58.0 Å². The van der Waals surface area contributed by atoms with E-state index in [-0.39, 0.29) is 25.4 Å². The molecule has 4 aliphatic rings. The Hall–Kier alpha value is -1.03. The zero-order valence-corrected chi connectivity index (χ0v) is 23.8. The topological polar surface area (TPSA) is 117 Å². The molecule has 4 unspecified atom stereocenters. The first-order valence-corrected chi connectivity index (χ1v) is 13.5. The SMILES string of the molecule is C=C[C@@]1(C)CC(=O)[C@]2(O)C3(C)C(C(OC(=O)CN4CCCCCC4)C(O)[C@@]2(C)O1)C(C)(C)CC[C@@H]3O.Cl. The average Bonchev–Trinajstić information content (AvgIpc) is 3.06. The molecule has 0 aromatic carbocycles. The molecule has 2 saturated carbocycles. The van der Waals surface area contributed by atoms with Gasteiger partial charge in [-0.2, -0.15) is 0 Å². The number of nitrogens with zero attached hydrogens (tertiary/aromatic N) is 1. The predicted octanol–water partition coefficient (Wildman–Crippen LogP) is 2.80. The first-order chi connectivity index (χ1) is 16.7. The van der Waals surface area contributed by atoms with E-state index in [4.69, 9.17) is 9.47 Å². The summed E-state index contributed by atoms with van der Waals surface area (Å²) in [6, 6.07) is 0. The number of ether oxygens (including phenoxy) is 2. The molecule has 3 N–H and O–H groups in total. The number of halogens is 1. The molecular formula is C28H46ClNO7. The maximum absolute atomic E-state index is 13.8. The number of esters is 1. The van der Waals surface area contributed by atoms with Crippen molar-refractivity contribution in [1.82, 2.24) is 4.90 Å². The van der Waals surface area contributed by atoms with E-state index in [1.807, 2.05) is 13.8 Å². The van der Waals surface area contributed by atoms with E-state index in [1.165, 1.54) is 13.0 Å². The second kappa shape index (κ2) is 10.2. The number of aliphatic hydroxyl groups excluding tert-OH is 2. The van der Waals surface area contributed by atoms with Crippen LogP contribution in [0.5, 0.6) is 0 Å². The van der Waals surface area contributed by atoms with Crippen LogP contribution in [0.25, 0.3) is 0 Å². The van der Waals surface area contributed by atoms with E-state index >= 15 is 0 Å². The van der Waals surface area contributed by atoms with E-state index in [0.717, 1.165) is 38.8 Å². The number of carbonyl (C=O) groups is 2. The Morgan fingerprint density at radius 1 is 1.14 bits per heavy atom. The number of hydrogen-bond acceptors (Lipinski definition) is 8. The number of ketones is 1. The molecule has 0 radical (unpaired) electrons. The number of hydrogen-bond donors (Lipinski definition) is 3. The van der Waals surface area contributed by atoms with Crippen LogP contribution < -0.4 is 0 Å². The highest BCUT2D eigenvalue weighted by atomic mass is 35.5. The van der Waals surface area contributed by atoms with Gasteiger partial charge in [0, 0.05) is 17.8 Å². The van der Waals surface area contributed by atoms with Crippen molar-refractivity contribution in [3.8, 4) is 0 Å². The van der Waals surface area contributed by atoms with Crippen LogP contribution in [0.3, 0.4) is 0 Å². The number of rotatable bonds is 4. The van der Waals surface area contributed by atoms with E-state index < -0.39 is 63.6 Å². The second-order valence-electron chi connectivity index (χ2n) is 12.9. The van der Waals surface area contributed by atoms with Gasteiger partial charge >= 0.3 is 5.97 Å². The summed E-state index contributed by atoms with van der Waals surface area (Å²) in [5.41, 5.74) is -7.12. The lowest BCUT2D eigenvalue weighted by atomic mass is 9.40. The first-order valence-electron chi connectivity index (χ1n) is 13.5. The highest BCUT2D eigenvalue weighted by Gasteiger charge is 2.81. The van der Waals surface area contributed by atoms with Crippen LogP contribution in [0, 0.1) is 16.7 Å². The smallest absolute Gasteiger partial charge is 0.320 e. The number of aliphatic hydroxyl groups is 3. The van der Waals surface area contributed by atoms with Crippen LogP contribution in [-0.4, -0.2) is 86.7 Å². The number of carbonyl (C=O) groups excluding carboxylic acids is 2. The Labute approximate surface area is 227 Å². The van der Waals surface area contributed by atoms with Gasteiger partial charge in [0.1, 0.15) is 17.8 Å². The van der Waals surface area contributed by atoms with Crippen LogP contribution in [0.2, 0.25) is 0 Å². The fraction of sp³-hybridized carbons (Fsp3) is 0.857. The van der Waals surface area contributed by atoms with Gasteiger partial charge in [-0.15, -0.1) is 19.0 Å². The molecule has 212 valence electrons. The molecule has 0 aromatic rings. The zero-order chi connectivity index (χ0) is 26.7. The van der Waals surface area contributed by atoms with Gasteiger partial charge in [-0.1, -0.05) is 39.7 Å². The Morgan fingerprint density at radius 2 is 1.73 bits per heavy atom. The zero-order valence-electron chi connectivity index (χ0n) is 23.0. The Morgan fingerprint density at radius 3 is 2.30 bits per heavy atom. The molecule has 0 spiro atoms. The fourth-order valence-corrected chi connectivity index (χ4v) is 8.07. The largest absolute Gasteiger partial charge is 0.458 e. The Kier molecular flexibility index (Phi) is 8.39. The molecule has 4 fully saturated rings. The quantitative estimate of drug-likeness (QED) is 0.366. The summed E-state index contributed by atoms with van der Waals surface area (Å²) in [4.78, 5) is 29.2. The van der Waals surface area contributed by atoms with Gasteiger partial charge in [0.05, 0.1) is 18.2 Å². The van der Waals surface area contributed by atoms with Crippen LogP contribution >= 0.6 is 12.4 Å². The van der Waals surface area contributed by atoms with Crippen LogP contribution in [-0.2, 0) is 19.1 Å². The Bertz CT molecular complexity index is 905. The molecule has 4 rings (SSSR count). The van der Waals surface area contributed by atoms with Crippen molar-refractivity contribution in [3.05, 3.63) is 12.7 Å². The van der Waals surface area contributed by atoms with Crippen molar-refractivity contribution in [2.24, 2.45) is 16.7 Å². The van der Waals surface area contributed by atoms with E-state index in [9.17, 15) is 24.9 Å². The van der Waals surface area contributed by atoms with Gasteiger partial charge in [-0.25, -0.2) is 0 Å². The van der Waals surface area contributed by atoms with Crippen LogP contribution in [0.15, 0.2) is 12.7 Å². The van der Waals surface area contributed by atoms with Crippen molar-refractivity contribution < 1.29 is 34.4 Å². The highest BCUT2D eigenvalue weighted by Crippen LogP contribution is 2.67. The molecule has 0 amide bonds. The van der Waals surface area contributed by atoms with Crippen molar-refractivity contribution in [3.63, 3.8) is 0 Å². The van der Waals surface area contributed by atoms with Gasteiger partial charge in [-0.3, -0.25) is 14.5 Å². The molecule has 8 nitrogen and oxygen atoms in total. The van der Waals surface area contributed by atoms with E-state index in [1.54, 1.807) is 13.8 Å². The van der Waals surface area contributed by atoms with Gasteiger partial charge in [0.2, 0.25) is 0 Å². The predicted molar refractivity (Wildman–Crippen MR) is 141 cm³/mol. The van der Waals surface area contributed by atoms with Gasteiger partial charge in [0.15, 0.2) is 11.4 Å². The average molecular weight is 544 g/mol. The van der Waals surface area contributed by atoms with E-state index in [2.05, 4.69) is 11.5 Å². The van der Waals surface area contributed by atoms with Crippen molar-refractivity contribution >= 4 is 24.2 Å². The van der Waals surface area contributed by atoms with E-state index in [0.29, 0.717) is 12.8 Å². The highest BCUT2D eigenvalue weighted by molar-refractivity contribution is 5.92. The molecule has 9 heteroatoms. The number of fused-ring (bicyclic) bond motifs is 3. The minimum Gasteiger partial charge on any atom is -0.458 e. The monoisotopic (exact) mass is 543 g/mol. The van der Waals surface area contributed by atoms with Gasteiger partial charge in [0.25, 0.3) is 0 Å². The standard InChI is InChI=1S/C28H45NO7.ClH/c1-7-25(4)16-19(31)28(34)26(5)18(30)12-13-24(2,3)22(26)21(23(33)27(28,6)36-25)35-20(32)17-29-14-10-8-9-11-15-29;/h7,18,21-23,30,33-34H,1,8-17H2,2-6H3;1H/t18-,21?,22?,23?,25-,26?,27+,28-;/m0./s1. The number of likely N-dealkylation sites (tertiary alicyclic amines) is 1. The molecule has 2 heterocycles. The summed E-state index contributed by atoms with van der Waals surface area (Å²) >= 11 is 0. The molecule has 0 bridgehead atoms. The fourth-order valence-electron chi connectivity index (χ4n) is 8.07. The third kappa shape index (κ3) is 4.49. The van der Waals surface area contributed by atoms with Crippen molar-refractivity contribution in [2.45, 2.75) is 115 Å². The van der Waals surface area contributed by atoms with Crippen molar-refractivity contribution in [1.29, 1.82) is 0 Å². The first kappa shape index (κ1) is 30.5. The molecule has 2 saturated heterocycles. The molecule has 37 heavy (non-hydrogen) atoms. The number of Topliss-reactive ketones (excluding diaryl/α,β-unsaturated/α-hetero) is 1. The minimum absolute atomic E-state index is 0. The molecule has 2 aliphatic heterocycles. The summed E-state index contributed by atoms with van der Waals surface area (Å²) in [6.07, 6.45) is 3.03.